The molecule has 1 heterocycles. The molecule has 1 aliphatic heterocycles. The Labute approximate surface area is 118 Å². The molecule has 1 fully saturated rings. The first kappa shape index (κ1) is 17.7. The lowest BCUT2D eigenvalue weighted by atomic mass is 9.98. The molecular weight excluding hydrogens is 250 g/mol. The summed E-state index contributed by atoms with van der Waals surface area (Å²) in [6, 6.07) is 0. The molecule has 1 aliphatic rings. The number of nitrogens with zero attached hydrogens (tertiary/aromatic N) is 1. The van der Waals surface area contributed by atoms with E-state index in [0.717, 1.165) is 51.6 Å². The van der Waals surface area contributed by atoms with Crippen LogP contribution in [0.1, 0.15) is 52.4 Å². The number of halogens is 1. The van der Waals surface area contributed by atoms with Crippen LogP contribution in [-0.2, 0) is 9.53 Å². The second kappa shape index (κ2) is 9.62. The van der Waals surface area contributed by atoms with Crippen molar-refractivity contribution in [2.45, 2.75) is 58.5 Å². The van der Waals surface area contributed by atoms with E-state index in [1.54, 1.807) is 0 Å². The molecule has 0 saturated carbocycles. The van der Waals surface area contributed by atoms with Gasteiger partial charge in [0.15, 0.2) is 0 Å². The molecule has 0 atom stereocenters. The zero-order valence-corrected chi connectivity index (χ0v) is 12.8. The molecule has 0 aromatic carbocycles. The largest absolute Gasteiger partial charge is 0.462 e. The van der Waals surface area contributed by atoms with E-state index >= 15 is 0 Å². The van der Waals surface area contributed by atoms with E-state index in [1.807, 2.05) is 0 Å². The predicted molar refractivity (Wildman–Crippen MR) is 77.2 cm³/mol. The lowest BCUT2D eigenvalue weighted by Crippen LogP contribution is -2.36. The molecule has 4 heteroatoms. The number of carbonyl (C=O) groups is 1. The van der Waals surface area contributed by atoms with Crippen LogP contribution >= 0.6 is 12.4 Å². The second-order valence-electron chi connectivity index (χ2n) is 5.21. The van der Waals surface area contributed by atoms with E-state index in [2.05, 4.69) is 25.8 Å². The van der Waals surface area contributed by atoms with Crippen molar-refractivity contribution < 1.29 is 9.53 Å². The van der Waals surface area contributed by atoms with Gasteiger partial charge in [0, 0.05) is 13.1 Å². The van der Waals surface area contributed by atoms with Gasteiger partial charge in [0.05, 0.1) is 5.92 Å². The van der Waals surface area contributed by atoms with Crippen molar-refractivity contribution in [2.24, 2.45) is 5.92 Å². The summed E-state index contributed by atoms with van der Waals surface area (Å²) in [6.07, 6.45) is 6.22. The smallest absolute Gasteiger partial charge is 0.309 e. The van der Waals surface area contributed by atoms with E-state index in [-0.39, 0.29) is 30.4 Å². The molecule has 3 nitrogen and oxygen atoms in total. The van der Waals surface area contributed by atoms with Gasteiger partial charge in [0.2, 0.25) is 0 Å². The highest BCUT2D eigenvalue weighted by Crippen LogP contribution is 2.19. The van der Waals surface area contributed by atoms with Crippen LogP contribution in [0, 0.1) is 5.92 Å². The van der Waals surface area contributed by atoms with Crippen molar-refractivity contribution in [3.8, 4) is 0 Å². The van der Waals surface area contributed by atoms with Gasteiger partial charge >= 0.3 is 5.97 Å². The monoisotopic (exact) mass is 277 g/mol. The van der Waals surface area contributed by atoms with Crippen LogP contribution in [-0.4, -0.2) is 37.1 Å². The third kappa shape index (κ3) is 6.05. The molecule has 0 aromatic heterocycles. The number of hydrogen-bond acceptors (Lipinski definition) is 3. The first-order chi connectivity index (χ1) is 8.17. The second-order valence-corrected chi connectivity index (χ2v) is 5.21. The van der Waals surface area contributed by atoms with Gasteiger partial charge in [-0.15, -0.1) is 12.4 Å². The summed E-state index contributed by atoms with van der Waals surface area (Å²) in [5, 5.41) is 0. The van der Waals surface area contributed by atoms with Crippen molar-refractivity contribution in [2.75, 3.05) is 20.1 Å². The van der Waals surface area contributed by atoms with Gasteiger partial charge in [0.25, 0.3) is 0 Å². The van der Waals surface area contributed by atoms with E-state index in [0.29, 0.717) is 0 Å². The molecular formula is C14H28ClNO2. The van der Waals surface area contributed by atoms with Crippen LogP contribution in [0.2, 0.25) is 0 Å². The third-order valence-electron chi connectivity index (χ3n) is 3.56. The number of likely N-dealkylation sites (tertiary alicyclic amines) is 1. The molecule has 0 spiro atoms. The van der Waals surface area contributed by atoms with Crippen molar-refractivity contribution in [1.29, 1.82) is 0 Å². The predicted octanol–water partition coefficient (Wildman–Crippen LogP) is 3.26. The van der Waals surface area contributed by atoms with Crippen LogP contribution in [0.25, 0.3) is 0 Å². The molecule has 0 aliphatic carbocycles. The summed E-state index contributed by atoms with van der Waals surface area (Å²) >= 11 is 0. The molecule has 1 rings (SSSR count). The first-order valence-electron chi connectivity index (χ1n) is 7.06. The van der Waals surface area contributed by atoms with Gasteiger partial charge in [-0.05, 0) is 32.7 Å². The zero-order chi connectivity index (χ0) is 12.7. The Bertz CT molecular complexity index is 222. The van der Waals surface area contributed by atoms with Gasteiger partial charge in [0.1, 0.15) is 6.10 Å². The van der Waals surface area contributed by atoms with Gasteiger partial charge in [-0.3, -0.25) is 4.79 Å². The number of hydrogen-bond donors (Lipinski definition) is 0. The Morgan fingerprint density at radius 2 is 1.72 bits per heavy atom. The van der Waals surface area contributed by atoms with Gasteiger partial charge in [-0.1, -0.05) is 26.7 Å². The fraction of sp³-hybridized carbons (Fsp3) is 0.929. The number of ether oxygens (including phenoxy) is 1. The molecule has 0 unspecified atom stereocenters. The lowest BCUT2D eigenvalue weighted by molar-refractivity contribution is -0.156. The summed E-state index contributed by atoms with van der Waals surface area (Å²) in [5.74, 6) is 0.174. The summed E-state index contributed by atoms with van der Waals surface area (Å²) in [6.45, 7) is 6.35. The summed E-state index contributed by atoms with van der Waals surface area (Å²) < 4.78 is 5.64. The van der Waals surface area contributed by atoms with Gasteiger partial charge in [-0.2, -0.15) is 0 Å². The average molecular weight is 278 g/mol. The Hall–Kier alpha value is -0.280. The maximum atomic E-state index is 12.0. The van der Waals surface area contributed by atoms with Crippen molar-refractivity contribution >= 4 is 18.4 Å². The number of esters is 1. The lowest BCUT2D eigenvalue weighted by Gasteiger charge is -2.29. The summed E-state index contributed by atoms with van der Waals surface area (Å²) in [4.78, 5) is 14.3. The fourth-order valence-electron chi connectivity index (χ4n) is 2.44. The van der Waals surface area contributed by atoms with Crippen LogP contribution in [0.5, 0.6) is 0 Å². The Morgan fingerprint density at radius 3 is 2.17 bits per heavy atom. The molecule has 0 amide bonds. The quantitative estimate of drug-likeness (QED) is 0.698. The Kier molecular flexibility index (Phi) is 9.47. The normalized spacial score (nSPS) is 17.6. The highest BCUT2D eigenvalue weighted by Gasteiger charge is 2.24. The fourth-order valence-corrected chi connectivity index (χ4v) is 2.44. The highest BCUT2D eigenvalue weighted by molar-refractivity contribution is 5.85. The average Bonchev–Trinajstić information content (AvgIpc) is 2.32. The molecule has 0 N–H and O–H groups in total. The van der Waals surface area contributed by atoms with E-state index < -0.39 is 0 Å². The highest BCUT2D eigenvalue weighted by atomic mass is 35.5. The Morgan fingerprint density at radius 1 is 1.22 bits per heavy atom. The minimum Gasteiger partial charge on any atom is -0.462 e. The van der Waals surface area contributed by atoms with Crippen LogP contribution in [0.3, 0.4) is 0 Å². The van der Waals surface area contributed by atoms with Gasteiger partial charge in [-0.25, -0.2) is 0 Å². The standard InChI is InChI=1S/C14H27NO2.ClH/c1-4-6-12(7-5-2)14(16)17-13-8-10-15(3)11-9-13;/h12-13H,4-11H2,1-3H3;1H. The van der Waals surface area contributed by atoms with E-state index in [9.17, 15) is 4.79 Å². The van der Waals surface area contributed by atoms with E-state index in [4.69, 9.17) is 4.74 Å². The number of piperidine rings is 1. The van der Waals surface area contributed by atoms with Crippen LogP contribution in [0.4, 0.5) is 0 Å². The summed E-state index contributed by atoms with van der Waals surface area (Å²) in [5.41, 5.74) is 0. The number of carbonyl (C=O) groups excluding carboxylic acids is 1. The third-order valence-corrected chi connectivity index (χ3v) is 3.56. The number of rotatable bonds is 6. The van der Waals surface area contributed by atoms with Gasteiger partial charge < -0.3 is 9.64 Å². The van der Waals surface area contributed by atoms with Crippen molar-refractivity contribution in [1.82, 2.24) is 4.90 Å². The van der Waals surface area contributed by atoms with Crippen molar-refractivity contribution in [3.05, 3.63) is 0 Å². The summed E-state index contributed by atoms with van der Waals surface area (Å²) in [7, 11) is 2.12. The molecule has 1 saturated heterocycles. The molecule has 0 radical (unpaired) electrons. The Balaban J connectivity index is 0.00000289. The zero-order valence-electron chi connectivity index (χ0n) is 12.0. The molecule has 18 heavy (non-hydrogen) atoms. The molecule has 0 bridgehead atoms. The minimum atomic E-state index is 0. The molecule has 0 aromatic rings. The maximum Gasteiger partial charge on any atom is 0.309 e. The first-order valence-corrected chi connectivity index (χ1v) is 7.06. The minimum absolute atomic E-state index is 0. The topological polar surface area (TPSA) is 29.5 Å². The van der Waals surface area contributed by atoms with Crippen LogP contribution in [0.15, 0.2) is 0 Å². The maximum absolute atomic E-state index is 12.0. The van der Waals surface area contributed by atoms with Crippen molar-refractivity contribution in [3.63, 3.8) is 0 Å². The van der Waals surface area contributed by atoms with Crippen LogP contribution < -0.4 is 0 Å². The molecule has 108 valence electrons. The van der Waals surface area contributed by atoms with E-state index in [1.165, 1.54) is 0 Å². The SMILES string of the molecule is CCCC(CCC)C(=O)OC1CCN(C)CC1.Cl.